The molecule has 0 atom stereocenters. The van der Waals surface area contributed by atoms with E-state index in [1.54, 1.807) is 54.6 Å². The zero-order valence-corrected chi connectivity index (χ0v) is 19.8. The van der Waals surface area contributed by atoms with Gasteiger partial charge in [-0.2, -0.15) is 5.26 Å². The number of benzene rings is 3. The number of carbonyl (C=O) groups excluding carboxylic acids is 1. The van der Waals surface area contributed by atoms with Crippen LogP contribution in [-0.4, -0.2) is 12.5 Å². The van der Waals surface area contributed by atoms with Crippen LogP contribution in [0.2, 0.25) is 15.1 Å². The third-order valence-electron chi connectivity index (χ3n) is 4.41. The minimum absolute atomic E-state index is 0.0816. The first-order valence-corrected chi connectivity index (χ1v) is 11.1. The molecule has 0 aliphatic carbocycles. The smallest absolute Gasteiger partial charge is 0.266 e. The van der Waals surface area contributed by atoms with E-state index in [0.717, 1.165) is 5.56 Å². The molecule has 168 valence electrons. The Morgan fingerprint density at radius 2 is 1.76 bits per heavy atom. The van der Waals surface area contributed by atoms with Gasteiger partial charge in [0.1, 0.15) is 18.2 Å². The van der Waals surface area contributed by atoms with Crippen LogP contribution in [-0.2, 0) is 11.4 Å². The van der Waals surface area contributed by atoms with Crippen LogP contribution in [0.1, 0.15) is 18.1 Å². The van der Waals surface area contributed by atoms with Crippen LogP contribution in [0.25, 0.3) is 6.08 Å². The lowest BCUT2D eigenvalue weighted by Gasteiger charge is -2.15. The monoisotopic (exact) mass is 500 g/mol. The third kappa shape index (κ3) is 6.66. The minimum atomic E-state index is -0.530. The second-order valence-corrected chi connectivity index (χ2v) is 8.01. The summed E-state index contributed by atoms with van der Waals surface area (Å²) in [6, 6.07) is 19.2. The topological polar surface area (TPSA) is 71.3 Å². The van der Waals surface area contributed by atoms with Gasteiger partial charge in [-0.3, -0.25) is 4.79 Å². The SMILES string of the molecule is CCOc1cc(/C=C(\C#N)C(=O)Nc2ccccc2)cc(Cl)c1OCc1ccc(Cl)c(Cl)c1. The number of carbonyl (C=O) groups is 1. The molecule has 3 rings (SSSR count). The fourth-order valence-corrected chi connectivity index (χ4v) is 3.49. The maximum Gasteiger partial charge on any atom is 0.266 e. The molecule has 0 unspecified atom stereocenters. The average Bonchev–Trinajstić information content (AvgIpc) is 2.80. The van der Waals surface area contributed by atoms with Gasteiger partial charge in [0.25, 0.3) is 5.91 Å². The number of rotatable bonds is 8. The van der Waals surface area contributed by atoms with E-state index < -0.39 is 5.91 Å². The zero-order valence-electron chi connectivity index (χ0n) is 17.6. The number of hydrogen-bond donors (Lipinski definition) is 1. The van der Waals surface area contributed by atoms with E-state index in [2.05, 4.69) is 5.32 Å². The van der Waals surface area contributed by atoms with Crippen molar-refractivity contribution in [3.63, 3.8) is 0 Å². The number of halogens is 3. The fraction of sp³-hybridized carbons (Fsp3) is 0.120. The van der Waals surface area contributed by atoms with Crippen LogP contribution in [0.3, 0.4) is 0 Å². The van der Waals surface area contributed by atoms with Crippen molar-refractivity contribution in [2.45, 2.75) is 13.5 Å². The van der Waals surface area contributed by atoms with Crippen LogP contribution >= 0.6 is 34.8 Å². The largest absolute Gasteiger partial charge is 0.490 e. The molecule has 0 fully saturated rings. The summed E-state index contributed by atoms with van der Waals surface area (Å²) in [5.74, 6) is 0.198. The number of anilines is 1. The molecule has 0 radical (unpaired) electrons. The molecule has 0 saturated heterocycles. The Hall–Kier alpha value is -3.17. The van der Waals surface area contributed by atoms with E-state index in [0.29, 0.717) is 39.4 Å². The molecule has 0 aliphatic rings. The van der Waals surface area contributed by atoms with Crippen molar-refractivity contribution in [1.29, 1.82) is 5.26 Å². The van der Waals surface area contributed by atoms with Gasteiger partial charge in [0, 0.05) is 5.69 Å². The predicted octanol–water partition coefficient (Wildman–Crippen LogP) is 7.17. The Bertz CT molecular complexity index is 1220. The summed E-state index contributed by atoms with van der Waals surface area (Å²) in [6.45, 7) is 2.38. The number of nitrogens with zero attached hydrogens (tertiary/aromatic N) is 1. The molecule has 0 bridgehead atoms. The van der Waals surface area contributed by atoms with Gasteiger partial charge in [0.15, 0.2) is 11.5 Å². The van der Waals surface area contributed by atoms with Gasteiger partial charge in [-0.1, -0.05) is 59.1 Å². The molecule has 0 spiro atoms. The summed E-state index contributed by atoms with van der Waals surface area (Å²) in [6.07, 6.45) is 1.44. The van der Waals surface area contributed by atoms with Gasteiger partial charge in [-0.05, 0) is 60.5 Å². The van der Waals surface area contributed by atoms with Crippen molar-refractivity contribution < 1.29 is 14.3 Å². The van der Waals surface area contributed by atoms with Crippen molar-refractivity contribution >= 4 is 52.5 Å². The number of ether oxygens (including phenoxy) is 2. The van der Waals surface area contributed by atoms with Crippen molar-refractivity contribution in [3.05, 3.63) is 92.4 Å². The molecule has 5 nitrogen and oxygen atoms in total. The van der Waals surface area contributed by atoms with E-state index in [4.69, 9.17) is 44.3 Å². The highest BCUT2D eigenvalue weighted by molar-refractivity contribution is 6.42. The lowest BCUT2D eigenvalue weighted by Crippen LogP contribution is -2.13. The van der Waals surface area contributed by atoms with Crippen molar-refractivity contribution in [3.8, 4) is 17.6 Å². The summed E-state index contributed by atoms with van der Waals surface area (Å²) in [5.41, 5.74) is 1.82. The van der Waals surface area contributed by atoms with Crippen molar-refractivity contribution in [1.82, 2.24) is 0 Å². The molecular formula is C25H19Cl3N2O3. The number of amides is 1. The summed E-state index contributed by atoms with van der Waals surface area (Å²) in [7, 11) is 0. The first-order chi connectivity index (χ1) is 15.9. The molecule has 0 saturated carbocycles. The summed E-state index contributed by atoms with van der Waals surface area (Å²) in [4.78, 5) is 12.5. The Balaban J connectivity index is 1.84. The molecule has 1 N–H and O–H groups in total. The van der Waals surface area contributed by atoms with Crippen molar-refractivity contribution in [2.75, 3.05) is 11.9 Å². The number of nitrogens with one attached hydrogen (secondary N) is 1. The molecule has 0 heterocycles. The predicted molar refractivity (Wildman–Crippen MR) is 132 cm³/mol. The lowest BCUT2D eigenvalue weighted by molar-refractivity contribution is -0.112. The quantitative estimate of drug-likeness (QED) is 0.262. The average molecular weight is 502 g/mol. The van der Waals surface area contributed by atoms with Crippen LogP contribution in [0.5, 0.6) is 11.5 Å². The molecule has 1 amide bonds. The van der Waals surface area contributed by atoms with Crippen LogP contribution in [0.15, 0.2) is 66.2 Å². The van der Waals surface area contributed by atoms with Gasteiger partial charge < -0.3 is 14.8 Å². The lowest BCUT2D eigenvalue weighted by atomic mass is 10.1. The Morgan fingerprint density at radius 3 is 2.42 bits per heavy atom. The first kappa shape index (κ1) is 24.5. The molecule has 8 heteroatoms. The summed E-state index contributed by atoms with van der Waals surface area (Å²) < 4.78 is 11.6. The minimum Gasteiger partial charge on any atom is -0.490 e. The van der Waals surface area contributed by atoms with E-state index in [-0.39, 0.29) is 17.2 Å². The van der Waals surface area contributed by atoms with Gasteiger partial charge in [0.2, 0.25) is 0 Å². The standard InChI is InChI=1S/C25H19Cl3N2O3/c1-2-32-23-13-17(10-18(14-29)25(31)30-19-6-4-3-5-7-19)12-22(28)24(23)33-15-16-8-9-20(26)21(27)11-16/h3-13H,2,15H2,1H3,(H,30,31)/b18-10+. The molecule has 0 aromatic heterocycles. The maximum atomic E-state index is 12.5. The third-order valence-corrected chi connectivity index (χ3v) is 5.43. The maximum absolute atomic E-state index is 12.5. The number of para-hydroxylation sites is 1. The summed E-state index contributed by atoms with van der Waals surface area (Å²) in [5, 5.41) is 13.3. The highest BCUT2D eigenvalue weighted by atomic mass is 35.5. The molecule has 3 aromatic rings. The van der Waals surface area contributed by atoms with E-state index >= 15 is 0 Å². The normalized spacial score (nSPS) is 10.9. The number of hydrogen-bond acceptors (Lipinski definition) is 4. The Labute approximate surface area is 207 Å². The Kier molecular flexibility index (Phi) is 8.62. The molecule has 33 heavy (non-hydrogen) atoms. The highest BCUT2D eigenvalue weighted by Crippen LogP contribution is 2.38. The first-order valence-electron chi connectivity index (χ1n) is 9.92. The van der Waals surface area contributed by atoms with Crippen LogP contribution in [0, 0.1) is 11.3 Å². The molecular weight excluding hydrogens is 483 g/mol. The Morgan fingerprint density at radius 1 is 1.00 bits per heavy atom. The second-order valence-electron chi connectivity index (χ2n) is 6.79. The highest BCUT2D eigenvalue weighted by Gasteiger charge is 2.15. The van der Waals surface area contributed by atoms with Gasteiger partial charge in [-0.15, -0.1) is 0 Å². The van der Waals surface area contributed by atoms with Crippen LogP contribution < -0.4 is 14.8 Å². The fourth-order valence-electron chi connectivity index (χ4n) is 2.89. The number of nitriles is 1. The molecule has 3 aromatic carbocycles. The second kappa shape index (κ2) is 11.6. The van der Waals surface area contributed by atoms with E-state index in [1.807, 2.05) is 19.1 Å². The van der Waals surface area contributed by atoms with E-state index in [1.165, 1.54) is 6.08 Å². The van der Waals surface area contributed by atoms with Crippen LogP contribution in [0.4, 0.5) is 5.69 Å². The van der Waals surface area contributed by atoms with Crippen molar-refractivity contribution in [2.24, 2.45) is 0 Å². The van der Waals surface area contributed by atoms with Gasteiger partial charge >= 0.3 is 0 Å². The summed E-state index contributed by atoms with van der Waals surface area (Å²) >= 11 is 18.5. The van der Waals surface area contributed by atoms with Gasteiger partial charge in [0.05, 0.1) is 21.7 Å². The zero-order chi connectivity index (χ0) is 23.8. The molecule has 0 aliphatic heterocycles. The van der Waals surface area contributed by atoms with E-state index in [9.17, 15) is 10.1 Å². The van der Waals surface area contributed by atoms with Gasteiger partial charge in [-0.25, -0.2) is 0 Å².